The first-order valence-electron chi connectivity index (χ1n) is 10.1. The first kappa shape index (κ1) is 16.8. The molecule has 4 atom stereocenters. The van der Waals surface area contributed by atoms with E-state index in [1.54, 1.807) is 0 Å². The van der Waals surface area contributed by atoms with Gasteiger partial charge >= 0.3 is 0 Å². The summed E-state index contributed by atoms with van der Waals surface area (Å²) in [4.78, 5) is 0. The molecule has 0 saturated heterocycles. The van der Waals surface area contributed by atoms with Crippen LogP contribution in [-0.2, 0) is 0 Å². The van der Waals surface area contributed by atoms with Gasteiger partial charge in [0.15, 0.2) is 0 Å². The lowest BCUT2D eigenvalue weighted by Gasteiger charge is -2.47. The van der Waals surface area contributed by atoms with Gasteiger partial charge in [0.05, 0.1) is 0 Å². The van der Waals surface area contributed by atoms with Gasteiger partial charge in [0.1, 0.15) is 0 Å². The van der Waals surface area contributed by atoms with E-state index in [-0.39, 0.29) is 0 Å². The molecule has 2 fully saturated rings. The molecular weight excluding hydrogens is 320 g/mol. The minimum atomic E-state index is -1.19. The van der Waals surface area contributed by atoms with Gasteiger partial charge in [0.25, 0.3) is 0 Å². The first-order chi connectivity index (χ1) is 11.4. The average molecular weight is 355 g/mol. The van der Waals surface area contributed by atoms with E-state index in [1.165, 1.54) is 25.7 Å². The van der Waals surface area contributed by atoms with Crippen LogP contribution in [0.1, 0.15) is 25.7 Å². The van der Waals surface area contributed by atoms with Gasteiger partial charge in [0, 0.05) is 15.2 Å². The summed E-state index contributed by atoms with van der Waals surface area (Å²) in [7, 11) is -2.39. The molecule has 24 heavy (non-hydrogen) atoms. The van der Waals surface area contributed by atoms with Crippen molar-refractivity contribution in [2.45, 2.75) is 63.0 Å². The Labute approximate surface area is 150 Å². The van der Waals surface area contributed by atoms with Gasteiger partial charge in [-0.3, -0.25) is 0 Å². The van der Waals surface area contributed by atoms with Crippen LogP contribution < -0.4 is 0 Å². The second kappa shape index (κ2) is 5.98. The third-order valence-electron chi connectivity index (χ3n) is 8.68. The molecule has 0 nitrogen and oxygen atoms in total. The smallest absolute Gasteiger partial charge is 0.0446 e. The van der Waals surface area contributed by atoms with Crippen LogP contribution in [0.4, 0.5) is 0 Å². The lowest BCUT2D eigenvalue weighted by atomic mass is 9.92. The summed E-state index contributed by atoms with van der Waals surface area (Å²) in [6, 6.07) is 0. The monoisotopic (exact) mass is 354 g/mol. The predicted octanol–water partition coefficient (Wildman–Crippen LogP) is 6.53. The van der Waals surface area contributed by atoms with Gasteiger partial charge in [-0.05, 0) is 60.4 Å². The van der Waals surface area contributed by atoms with Gasteiger partial charge in [-0.25, -0.2) is 0 Å². The van der Waals surface area contributed by atoms with Crippen molar-refractivity contribution in [2.75, 3.05) is 0 Å². The van der Waals surface area contributed by atoms with Crippen molar-refractivity contribution in [1.29, 1.82) is 0 Å². The molecule has 4 unspecified atom stereocenters. The zero-order valence-electron chi connectivity index (χ0n) is 15.9. The lowest BCUT2D eigenvalue weighted by Crippen LogP contribution is -2.59. The van der Waals surface area contributed by atoms with E-state index < -0.39 is 15.2 Å². The summed E-state index contributed by atoms with van der Waals surface area (Å²) in [5.41, 5.74) is 2.10. The highest BCUT2D eigenvalue weighted by molar-refractivity contribution is 7.41. The molecule has 130 valence electrons. The zero-order chi connectivity index (χ0) is 16.9. The first-order valence-corrected chi connectivity index (χ1v) is 17.2. The maximum Gasteiger partial charge on any atom is 0.0446 e. The van der Waals surface area contributed by atoms with Crippen LogP contribution in [0.3, 0.4) is 0 Å². The number of hydrogen-bond acceptors (Lipinski definition) is 0. The lowest BCUT2D eigenvalue weighted by molar-refractivity contribution is 0.552. The van der Waals surface area contributed by atoms with Gasteiger partial charge < -0.3 is 0 Å². The van der Waals surface area contributed by atoms with Crippen molar-refractivity contribution in [3.63, 3.8) is 0 Å². The van der Waals surface area contributed by atoms with Crippen LogP contribution in [0.2, 0.25) is 37.3 Å². The summed E-state index contributed by atoms with van der Waals surface area (Å²) >= 11 is 0. The zero-order valence-corrected chi connectivity index (χ0v) is 17.9. The Kier molecular flexibility index (Phi) is 4.20. The summed E-state index contributed by atoms with van der Waals surface area (Å²) in [6.45, 7) is 11.1. The molecule has 4 aliphatic rings. The Bertz CT molecular complexity index is 513. The van der Waals surface area contributed by atoms with E-state index in [1.807, 2.05) is 0 Å². The Morgan fingerprint density at radius 3 is 1.00 bits per heavy atom. The fourth-order valence-electron chi connectivity index (χ4n) is 6.15. The molecule has 4 aliphatic carbocycles. The third kappa shape index (κ3) is 2.61. The number of fused-ring (bicyclic) bond motifs is 2. The standard InChI is InChI=1S/C22H34Si2/c1-23(2,21-13-17-9-5-6-10-18(17)14-21)24(3,4)22-15-19-11-7-8-12-20(19)16-22/h5-12,17-22H,13-16H2,1-4H3. The third-order valence-corrected chi connectivity index (χ3v) is 29.4. The number of allylic oxidation sites excluding steroid dienone is 8. The van der Waals surface area contributed by atoms with Crippen molar-refractivity contribution >= 4 is 15.2 Å². The molecule has 0 aromatic heterocycles. The van der Waals surface area contributed by atoms with Crippen molar-refractivity contribution in [2.24, 2.45) is 23.7 Å². The number of rotatable bonds is 3. The SMILES string of the molecule is C[Si](C)(C1CC2C=CC=CC2C1)[Si](C)(C)C1CC2C=CC=CC2C1. The molecule has 0 aromatic carbocycles. The fourth-order valence-corrected chi connectivity index (χ4v) is 19.4. The summed E-state index contributed by atoms with van der Waals surface area (Å²) in [6.07, 6.45) is 25.1. The van der Waals surface area contributed by atoms with Crippen molar-refractivity contribution in [1.82, 2.24) is 0 Å². The topological polar surface area (TPSA) is 0 Å². The highest BCUT2D eigenvalue weighted by Gasteiger charge is 2.55. The Morgan fingerprint density at radius 2 is 0.750 bits per heavy atom. The second-order valence-electron chi connectivity index (χ2n) is 9.98. The minimum Gasteiger partial charge on any atom is -0.0808 e. The molecule has 0 spiro atoms. The molecular formula is C22H34Si2. The molecule has 2 heteroatoms. The summed E-state index contributed by atoms with van der Waals surface area (Å²) in [5, 5.41) is 0. The minimum absolute atomic E-state index is 0.855. The predicted molar refractivity (Wildman–Crippen MR) is 111 cm³/mol. The van der Waals surface area contributed by atoms with E-state index in [9.17, 15) is 0 Å². The highest BCUT2D eigenvalue weighted by atomic mass is 29.3. The fraction of sp³-hybridized carbons (Fsp3) is 0.636. The van der Waals surface area contributed by atoms with E-state index in [4.69, 9.17) is 0 Å². The van der Waals surface area contributed by atoms with Crippen LogP contribution in [-0.4, -0.2) is 15.2 Å². The van der Waals surface area contributed by atoms with Crippen LogP contribution in [0.5, 0.6) is 0 Å². The summed E-state index contributed by atoms with van der Waals surface area (Å²) in [5.74, 6) is 3.42. The van der Waals surface area contributed by atoms with E-state index in [0.717, 1.165) is 34.8 Å². The van der Waals surface area contributed by atoms with Crippen LogP contribution in [0.25, 0.3) is 0 Å². The normalized spacial score (nSPS) is 40.8. The maximum absolute atomic E-state index is 2.78. The van der Waals surface area contributed by atoms with Crippen molar-refractivity contribution in [3.05, 3.63) is 48.6 Å². The summed E-state index contributed by atoms with van der Waals surface area (Å²) < 4.78 is 0. The van der Waals surface area contributed by atoms with E-state index >= 15 is 0 Å². The quantitative estimate of drug-likeness (QED) is 0.506. The molecule has 0 heterocycles. The maximum atomic E-state index is 2.78. The van der Waals surface area contributed by atoms with Crippen LogP contribution in [0, 0.1) is 23.7 Å². The van der Waals surface area contributed by atoms with Crippen LogP contribution in [0.15, 0.2) is 48.6 Å². The average Bonchev–Trinajstić information content (AvgIpc) is 3.19. The van der Waals surface area contributed by atoms with Crippen LogP contribution >= 0.6 is 0 Å². The molecule has 0 aliphatic heterocycles. The van der Waals surface area contributed by atoms with Gasteiger partial charge in [-0.15, -0.1) is 0 Å². The van der Waals surface area contributed by atoms with Gasteiger partial charge in [0.2, 0.25) is 0 Å². The molecule has 0 amide bonds. The molecule has 4 rings (SSSR count). The molecule has 0 N–H and O–H groups in total. The second-order valence-corrected chi connectivity index (χ2v) is 26.2. The molecule has 0 bridgehead atoms. The Hall–Kier alpha value is -0.606. The Morgan fingerprint density at radius 1 is 0.500 bits per heavy atom. The highest BCUT2D eigenvalue weighted by Crippen LogP contribution is 2.56. The van der Waals surface area contributed by atoms with Gasteiger partial charge in [-0.1, -0.05) is 74.8 Å². The van der Waals surface area contributed by atoms with Gasteiger partial charge in [-0.2, -0.15) is 0 Å². The van der Waals surface area contributed by atoms with E-state index in [0.29, 0.717) is 0 Å². The number of hydrogen-bond donors (Lipinski definition) is 0. The van der Waals surface area contributed by atoms with E-state index in [2.05, 4.69) is 74.8 Å². The van der Waals surface area contributed by atoms with Crippen molar-refractivity contribution < 1.29 is 0 Å². The molecule has 0 radical (unpaired) electrons. The Balaban J connectivity index is 1.52. The largest absolute Gasteiger partial charge is 0.0808 e. The molecule has 2 saturated carbocycles. The molecule has 0 aromatic rings. The van der Waals surface area contributed by atoms with Crippen molar-refractivity contribution in [3.8, 4) is 0 Å².